The van der Waals surface area contributed by atoms with Gasteiger partial charge >= 0.3 is 0 Å². The van der Waals surface area contributed by atoms with Gasteiger partial charge in [-0.25, -0.2) is 0 Å². The molecule has 24 heavy (non-hydrogen) atoms. The Morgan fingerprint density at radius 1 is 1.25 bits per heavy atom. The summed E-state index contributed by atoms with van der Waals surface area (Å²) < 4.78 is 1.85. The quantitative estimate of drug-likeness (QED) is 0.715. The second-order valence-corrected chi connectivity index (χ2v) is 7.21. The summed E-state index contributed by atoms with van der Waals surface area (Å²) in [7, 11) is 1.95. The molecule has 1 aliphatic heterocycles. The van der Waals surface area contributed by atoms with E-state index in [9.17, 15) is 0 Å². The van der Waals surface area contributed by atoms with E-state index in [1.165, 1.54) is 33.0 Å². The van der Waals surface area contributed by atoms with Crippen molar-refractivity contribution in [3.05, 3.63) is 53.2 Å². The molecule has 4 nitrogen and oxygen atoms in total. The van der Waals surface area contributed by atoms with Crippen molar-refractivity contribution in [3.63, 3.8) is 0 Å². The lowest BCUT2D eigenvalue weighted by Crippen LogP contribution is -2.28. The van der Waals surface area contributed by atoms with Gasteiger partial charge in [-0.2, -0.15) is 5.10 Å². The molecular weight excluding hydrogens is 340 g/mol. The molecule has 6 heteroatoms. The Morgan fingerprint density at radius 3 is 2.92 bits per heavy atom. The number of hydrogen-bond acceptors (Lipinski definition) is 4. The van der Waals surface area contributed by atoms with Crippen molar-refractivity contribution >= 4 is 35.1 Å². The first-order valence-electron chi connectivity index (χ1n) is 7.91. The Hall–Kier alpha value is -1.98. The molecule has 0 amide bonds. The van der Waals surface area contributed by atoms with Gasteiger partial charge in [0.1, 0.15) is 0 Å². The van der Waals surface area contributed by atoms with Gasteiger partial charge in [-0.3, -0.25) is 4.68 Å². The number of nitrogen functional groups attached to an aromatic ring is 1. The largest absolute Gasteiger partial charge is 0.398 e. The highest BCUT2D eigenvalue weighted by Gasteiger charge is 2.19. The first-order chi connectivity index (χ1) is 11.2. The minimum absolute atomic E-state index is 0. The molecule has 1 aliphatic rings. The van der Waals surface area contributed by atoms with Crippen LogP contribution >= 0.6 is 23.7 Å². The van der Waals surface area contributed by atoms with Crippen LogP contribution in [0.1, 0.15) is 16.9 Å². The van der Waals surface area contributed by atoms with E-state index in [1.54, 1.807) is 0 Å². The van der Waals surface area contributed by atoms with E-state index in [0.717, 1.165) is 25.2 Å². The van der Waals surface area contributed by atoms with Gasteiger partial charge in [0.15, 0.2) is 0 Å². The molecule has 0 aliphatic carbocycles. The third-order valence-electron chi connectivity index (χ3n) is 4.38. The topological polar surface area (TPSA) is 47.1 Å². The molecule has 0 unspecified atom stereocenters. The monoisotopic (exact) mass is 360 g/mol. The number of aromatic nitrogens is 2. The number of thiophene rings is 1. The first-order valence-corrected chi connectivity index (χ1v) is 8.72. The fraction of sp³-hybridized carbons (Fsp3) is 0.278. The summed E-state index contributed by atoms with van der Waals surface area (Å²) in [4.78, 5) is 5.10. The Labute approximate surface area is 152 Å². The molecule has 3 aromatic rings. The van der Waals surface area contributed by atoms with Gasteiger partial charge in [0.05, 0.1) is 12.7 Å². The van der Waals surface area contributed by atoms with Crippen LogP contribution in [0.3, 0.4) is 0 Å². The highest BCUT2D eigenvalue weighted by atomic mass is 35.5. The number of nitrogens with two attached hydrogens (primary N) is 1. The summed E-state index contributed by atoms with van der Waals surface area (Å²) >= 11 is 1.85. The highest BCUT2D eigenvalue weighted by molar-refractivity contribution is 7.15. The predicted molar refractivity (Wildman–Crippen MR) is 104 cm³/mol. The molecule has 0 radical (unpaired) electrons. The number of aryl methyl sites for hydroxylation is 1. The molecule has 126 valence electrons. The highest BCUT2D eigenvalue weighted by Crippen LogP contribution is 2.34. The Kier molecular flexibility index (Phi) is 4.83. The zero-order chi connectivity index (χ0) is 15.8. The van der Waals surface area contributed by atoms with Crippen LogP contribution in [0.2, 0.25) is 0 Å². The lowest BCUT2D eigenvalue weighted by molar-refractivity contribution is 0.696. The SMILES string of the molecule is Cl.Cn1cc(-c2ccc(CN3CCCc4c(N)cccc43)s2)cn1. The van der Waals surface area contributed by atoms with Crippen molar-refractivity contribution < 1.29 is 0 Å². The average Bonchev–Trinajstić information content (AvgIpc) is 3.17. The Balaban J connectivity index is 0.00000169. The molecule has 0 saturated heterocycles. The number of benzene rings is 1. The average molecular weight is 361 g/mol. The maximum atomic E-state index is 6.15. The maximum absolute atomic E-state index is 6.15. The van der Waals surface area contributed by atoms with Gasteiger partial charge in [0, 0.05) is 46.5 Å². The van der Waals surface area contributed by atoms with Crippen LogP contribution in [0.4, 0.5) is 11.4 Å². The third kappa shape index (κ3) is 3.14. The molecular formula is C18H21ClN4S. The zero-order valence-corrected chi connectivity index (χ0v) is 15.2. The van der Waals surface area contributed by atoms with Crippen molar-refractivity contribution in [2.75, 3.05) is 17.2 Å². The lowest BCUT2D eigenvalue weighted by atomic mass is 10.00. The molecule has 3 heterocycles. The van der Waals surface area contributed by atoms with Crippen LogP contribution in [0.5, 0.6) is 0 Å². The molecule has 1 aromatic carbocycles. The zero-order valence-electron chi connectivity index (χ0n) is 13.6. The summed E-state index contributed by atoms with van der Waals surface area (Å²) in [5, 5.41) is 4.26. The smallest absolute Gasteiger partial charge is 0.0576 e. The van der Waals surface area contributed by atoms with Crippen LogP contribution in [-0.4, -0.2) is 16.3 Å². The van der Waals surface area contributed by atoms with Gasteiger partial charge in [0.2, 0.25) is 0 Å². The summed E-state index contributed by atoms with van der Waals surface area (Å²) in [5.41, 5.74) is 10.9. The second kappa shape index (κ2) is 6.87. The van der Waals surface area contributed by atoms with E-state index >= 15 is 0 Å². The summed E-state index contributed by atoms with van der Waals surface area (Å²) in [5.74, 6) is 0. The Morgan fingerprint density at radius 2 is 2.12 bits per heavy atom. The van der Waals surface area contributed by atoms with Crippen molar-refractivity contribution in [1.29, 1.82) is 0 Å². The Bertz CT molecular complexity index is 839. The lowest BCUT2D eigenvalue weighted by Gasteiger charge is -2.31. The minimum Gasteiger partial charge on any atom is -0.398 e. The minimum atomic E-state index is 0. The molecule has 2 N–H and O–H groups in total. The van der Waals surface area contributed by atoms with E-state index in [1.807, 2.05) is 35.3 Å². The summed E-state index contributed by atoms with van der Waals surface area (Å²) in [6.07, 6.45) is 6.24. The van der Waals surface area contributed by atoms with E-state index in [2.05, 4.69) is 40.5 Å². The first kappa shape index (κ1) is 16.9. The van der Waals surface area contributed by atoms with Gasteiger partial charge in [-0.1, -0.05) is 6.07 Å². The van der Waals surface area contributed by atoms with Gasteiger partial charge in [-0.05, 0) is 42.7 Å². The van der Waals surface area contributed by atoms with Gasteiger partial charge < -0.3 is 10.6 Å². The maximum Gasteiger partial charge on any atom is 0.0576 e. The number of halogens is 1. The van der Waals surface area contributed by atoms with E-state index in [-0.39, 0.29) is 12.4 Å². The predicted octanol–water partition coefficient (Wildman–Crippen LogP) is 4.11. The van der Waals surface area contributed by atoms with Gasteiger partial charge in [-0.15, -0.1) is 23.7 Å². The van der Waals surface area contributed by atoms with Crippen LogP contribution in [0.15, 0.2) is 42.7 Å². The van der Waals surface area contributed by atoms with Crippen molar-refractivity contribution in [2.24, 2.45) is 7.05 Å². The molecule has 0 atom stereocenters. The molecule has 0 saturated carbocycles. The van der Waals surface area contributed by atoms with Crippen molar-refractivity contribution in [1.82, 2.24) is 9.78 Å². The molecule has 4 rings (SSSR count). The standard InChI is InChI=1S/C18H20N4S.ClH/c1-21-11-13(10-20-21)18-8-7-14(23-18)12-22-9-3-4-15-16(19)5-2-6-17(15)22;/h2,5-8,10-11H,3-4,9,12,19H2,1H3;1H. The fourth-order valence-electron chi connectivity index (χ4n) is 3.25. The van der Waals surface area contributed by atoms with Crippen molar-refractivity contribution in [2.45, 2.75) is 19.4 Å². The van der Waals surface area contributed by atoms with Crippen LogP contribution in [-0.2, 0) is 20.0 Å². The van der Waals surface area contributed by atoms with E-state index < -0.39 is 0 Å². The van der Waals surface area contributed by atoms with Crippen molar-refractivity contribution in [3.8, 4) is 10.4 Å². The second-order valence-electron chi connectivity index (χ2n) is 6.04. The van der Waals surface area contributed by atoms with Gasteiger partial charge in [0.25, 0.3) is 0 Å². The van der Waals surface area contributed by atoms with Crippen LogP contribution in [0, 0.1) is 0 Å². The molecule has 0 fully saturated rings. The molecule has 0 spiro atoms. The number of anilines is 2. The summed E-state index contributed by atoms with van der Waals surface area (Å²) in [6.45, 7) is 2.04. The van der Waals surface area contributed by atoms with Crippen LogP contribution < -0.4 is 10.6 Å². The number of nitrogens with zero attached hydrogens (tertiary/aromatic N) is 3. The summed E-state index contributed by atoms with van der Waals surface area (Å²) in [6, 6.07) is 10.7. The van der Waals surface area contributed by atoms with Crippen LogP contribution in [0.25, 0.3) is 10.4 Å². The number of hydrogen-bond donors (Lipinski definition) is 1. The van der Waals surface area contributed by atoms with E-state index in [4.69, 9.17) is 5.73 Å². The third-order valence-corrected chi connectivity index (χ3v) is 5.50. The molecule has 2 aromatic heterocycles. The molecule has 0 bridgehead atoms. The van der Waals surface area contributed by atoms with E-state index in [0.29, 0.717) is 0 Å². The normalized spacial score (nSPS) is 13.5. The number of fused-ring (bicyclic) bond motifs is 1. The number of rotatable bonds is 3. The fourth-order valence-corrected chi connectivity index (χ4v) is 4.24.